The number of fused-ring (bicyclic) bond motifs is 2. The normalized spacial score (nSPS) is 34.7. The molecule has 2 fully saturated rings. The van der Waals surface area contributed by atoms with Crippen LogP contribution in [0.1, 0.15) is 59.3 Å². The molecule has 2 rings (SSSR count). The van der Waals surface area contributed by atoms with E-state index in [-0.39, 0.29) is 29.6 Å². The summed E-state index contributed by atoms with van der Waals surface area (Å²) < 4.78 is 5.33. The molecule has 2 saturated carbocycles. The molecule has 0 aromatic rings. The molecule has 0 heterocycles. The van der Waals surface area contributed by atoms with E-state index in [2.05, 4.69) is 5.32 Å². The number of nitrogens with two attached hydrogens (primary N) is 1. The second-order valence-corrected chi connectivity index (χ2v) is 6.80. The first-order valence-corrected chi connectivity index (χ1v) is 6.52. The quantitative estimate of drug-likeness (QED) is 0.774. The second-order valence-electron chi connectivity index (χ2n) is 6.80. The molecule has 2 aliphatic carbocycles. The van der Waals surface area contributed by atoms with Crippen molar-refractivity contribution < 1.29 is 9.53 Å². The molecule has 0 saturated heterocycles. The zero-order valence-electron chi connectivity index (χ0n) is 11.5. The monoisotopic (exact) mass is 276 g/mol. The van der Waals surface area contributed by atoms with Crippen LogP contribution in [-0.4, -0.2) is 22.8 Å². The average Bonchev–Trinajstić information content (AvgIpc) is 2.33. The van der Waals surface area contributed by atoms with Crippen molar-refractivity contribution in [2.45, 2.75) is 76.0 Å². The van der Waals surface area contributed by atoms with Crippen molar-refractivity contribution in [1.82, 2.24) is 5.32 Å². The summed E-state index contributed by atoms with van der Waals surface area (Å²) in [6.07, 6.45) is 5.83. The largest absolute Gasteiger partial charge is 0.444 e. The van der Waals surface area contributed by atoms with Gasteiger partial charge in [0.25, 0.3) is 0 Å². The van der Waals surface area contributed by atoms with Crippen molar-refractivity contribution in [2.24, 2.45) is 5.73 Å². The highest BCUT2D eigenvalue weighted by atomic mass is 35.5. The zero-order valence-corrected chi connectivity index (χ0v) is 12.4. The Labute approximate surface area is 115 Å². The van der Waals surface area contributed by atoms with E-state index in [9.17, 15) is 4.79 Å². The van der Waals surface area contributed by atoms with Gasteiger partial charge in [0.2, 0.25) is 0 Å². The van der Waals surface area contributed by atoms with Crippen LogP contribution in [0.15, 0.2) is 0 Å². The zero-order chi connectivity index (χ0) is 12.7. The highest BCUT2D eigenvalue weighted by Gasteiger charge is 2.50. The first kappa shape index (κ1) is 15.6. The van der Waals surface area contributed by atoms with Crippen molar-refractivity contribution in [1.29, 1.82) is 0 Å². The fourth-order valence-corrected chi connectivity index (χ4v) is 3.23. The standard InChI is InChI=1S/C13H24N2O2.ClH/c1-11(2,3)17-10(16)15-13-6-4-5-12(14,9-13)7-8-13;/h4-9,14H2,1-3H3,(H,15,16);1H. The van der Waals surface area contributed by atoms with Gasteiger partial charge in [0.05, 0.1) is 0 Å². The average molecular weight is 277 g/mol. The predicted octanol–water partition coefficient (Wildman–Crippen LogP) is 2.74. The van der Waals surface area contributed by atoms with Crippen molar-refractivity contribution in [2.75, 3.05) is 0 Å². The summed E-state index contributed by atoms with van der Waals surface area (Å²) in [4.78, 5) is 11.8. The van der Waals surface area contributed by atoms with E-state index in [4.69, 9.17) is 10.5 Å². The van der Waals surface area contributed by atoms with Crippen LogP contribution < -0.4 is 11.1 Å². The maximum absolute atomic E-state index is 11.8. The van der Waals surface area contributed by atoms with Crippen LogP contribution in [0.25, 0.3) is 0 Å². The van der Waals surface area contributed by atoms with Gasteiger partial charge < -0.3 is 15.8 Å². The molecule has 18 heavy (non-hydrogen) atoms. The van der Waals surface area contributed by atoms with E-state index >= 15 is 0 Å². The summed E-state index contributed by atoms with van der Waals surface area (Å²) in [6.45, 7) is 5.65. The Kier molecular flexibility index (Phi) is 4.23. The van der Waals surface area contributed by atoms with E-state index in [0.29, 0.717) is 0 Å². The molecule has 2 bridgehead atoms. The molecule has 0 aliphatic heterocycles. The van der Waals surface area contributed by atoms with Gasteiger partial charge in [-0.15, -0.1) is 12.4 Å². The number of rotatable bonds is 1. The van der Waals surface area contributed by atoms with Crippen LogP contribution in [0, 0.1) is 0 Å². The number of nitrogens with one attached hydrogen (secondary N) is 1. The maximum atomic E-state index is 11.8. The Morgan fingerprint density at radius 2 is 1.89 bits per heavy atom. The number of ether oxygens (including phenoxy) is 1. The first-order chi connectivity index (χ1) is 7.72. The maximum Gasteiger partial charge on any atom is 0.408 e. The highest BCUT2D eigenvalue weighted by molar-refractivity contribution is 5.85. The molecule has 0 aromatic heterocycles. The summed E-state index contributed by atoms with van der Waals surface area (Å²) in [6, 6.07) is 0. The molecular formula is C13H25ClN2O2. The molecular weight excluding hydrogens is 252 g/mol. The highest BCUT2D eigenvalue weighted by Crippen LogP contribution is 2.46. The SMILES string of the molecule is CC(C)(C)OC(=O)NC12CCCC(N)(CC1)C2.Cl. The Hall–Kier alpha value is -0.480. The number of carbonyl (C=O) groups is 1. The van der Waals surface area contributed by atoms with Gasteiger partial charge in [0.15, 0.2) is 0 Å². The molecule has 0 radical (unpaired) electrons. The van der Waals surface area contributed by atoms with E-state index in [1.807, 2.05) is 20.8 Å². The van der Waals surface area contributed by atoms with Crippen LogP contribution in [0.2, 0.25) is 0 Å². The minimum Gasteiger partial charge on any atom is -0.444 e. The van der Waals surface area contributed by atoms with Gasteiger partial charge in [0, 0.05) is 11.1 Å². The van der Waals surface area contributed by atoms with Crippen molar-refractivity contribution >= 4 is 18.5 Å². The molecule has 3 N–H and O–H groups in total. The lowest BCUT2D eigenvalue weighted by Crippen LogP contribution is -2.53. The van der Waals surface area contributed by atoms with Crippen LogP contribution in [0.4, 0.5) is 4.79 Å². The van der Waals surface area contributed by atoms with Gasteiger partial charge in [-0.25, -0.2) is 4.79 Å². The lowest BCUT2D eigenvalue weighted by molar-refractivity contribution is 0.0433. The van der Waals surface area contributed by atoms with Crippen LogP contribution >= 0.6 is 12.4 Å². The van der Waals surface area contributed by atoms with E-state index in [1.165, 1.54) is 0 Å². The molecule has 1 amide bonds. The number of alkyl carbamates (subject to hydrolysis) is 1. The fourth-order valence-electron chi connectivity index (χ4n) is 3.23. The Morgan fingerprint density at radius 1 is 1.22 bits per heavy atom. The molecule has 106 valence electrons. The van der Waals surface area contributed by atoms with Gasteiger partial charge >= 0.3 is 6.09 Å². The Bertz CT molecular complexity index is 329. The molecule has 2 aliphatic rings. The topological polar surface area (TPSA) is 64.3 Å². The number of amides is 1. The minimum absolute atomic E-state index is 0. The summed E-state index contributed by atoms with van der Waals surface area (Å²) in [5.74, 6) is 0. The summed E-state index contributed by atoms with van der Waals surface area (Å²) in [7, 11) is 0. The van der Waals surface area contributed by atoms with Gasteiger partial charge in [-0.3, -0.25) is 0 Å². The van der Waals surface area contributed by atoms with Gasteiger partial charge in [-0.2, -0.15) is 0 Å². The summed E-state index contributed by atoms with van der Waals surface area (Å²) >= 11 is 0. The molecule has 2 unspecified atom stereocenters. The van der Waals surface area contributed by atoms with Gasteiger partial charge in [-0.1, -0.05) is 0 Å². The fraction of sp³-hybridized carbons (Fsp3) is 0.923. The number of carbonyl (C=O) groups excluding carboxylic acids is 1. The predicted molar refractivity (Wildman–Crippen MR) is 74.0 cm³/mol. The number of hydrogen-bond acceptors (Lipinski definition) is 3. The van der Waals surface area contributed by atoms with Gasteiger partial charge in [0.1, 0.15) is 5.60 Å². The lowest BCUT2D eigenvalue weighted by atomic mass is 9.79. The van der Waals surface area contributed by atoms with Crippen molar-refractivity contribution in [3.05, 3.63) is 0 Å². The van der Waals surface area contributed by atoms with E-state index in [1.54, 1.807) is 0 Å². The van der Waals surface area contributed by atoms with Crippen LogP contribution in [0.3, 0.4) is 0 Å². The van der Waals surface area contributed by atoms with E-state index < -0.39 is 5.60 Å². The number of hydrogen-bond donors (Lipinski definition) is 2. The molecule has 0 spiro atoms. The van der Waals surface area contributed by atoms with Crippen LogP contribution in [0.5, 0.6) is 0 Å². The Morgan fingerprint density at radius 3 is 2.50 bits per heavy atom. The van der Waals surface area contributed by atoms with E-state index in [0.717, 1.165) is 38.5 Å². The number of halogens is 1. The third-order valence-corrected chi connectivity index (χ3v) is 3.89. The summed E-state index contributed by atoms with van der Waals surface area (Å²) in [5.41, 5.74) is 5.71. The molecule has 4 nitrogen and oxygen atoms in total. The third kappa shape index (κ3) is 3.51. The Balaban J connectivity index is 0.00000162. The van der Waals surface area contributed by atoms with Crippen molar-refractivity contribution in [3.63, 3.8) is 0 Å². The lowest BCUT2D eigenvalue weighted by Gasteiger charge is -2.38. The molecule has 2 atom stereocenters. The van der Waals surface area contributed by atoms with Crippen molar-refractivity contribution in [3.8, 4) is 0 Å². The smallest absolute Gasteiger partial charge is 0.408 e. The minimum atomic E-state index is -0.437. The third-order valence-electron chi connectivity index (χ3n) is 3.89. The molecule has 0 aromatic carbocycles. The summed E-state index contributed by atoms with van der Waals surface area (Å²) in [5, 5.41) is 3.06. The molecule has 5 heteroatoms. The first-order valence-electron chi connectivity index (χ1n) is 6.52. The van der Waals surface area contributed by atoms with Gasteiger partial charge in [-0.05, 0) is 59.3 Å². The van der Waals surface area contributed by atoms with Crippen LogP contribution in [-0.2, 0) is 4.74 Å². The second kappa shape index (κ2) is 4.89.